The molecule has 0 aliphatic carbocycles. The van der Waals surface area contributed by atoms with Crippen LogP contribution in [-0.2, 0) is 74.8 Å². The van der Waals surface area contributed by atoms with Crippen LogP contribution in [0.15, 0.2) is 0 Å². The molecule has 4 unspecified atom stereocenters. The molecule has 0 saturated heterocycles. The Morgan fingerprint density at radius 1 is 0.250 bits per heavy atom. The fourth-order valence-corrected chi connectivity index (χ4v) is 15.1. The first-order chi connectivity index (χ1) is 52.5. The Morgan fingerprint density at radius 2 is 0.463 bits per heavy atom. The maximum absolute atomic E-state index is 13.6. The van der Waals surface area contributed by atoms with Crippen molar-refractivity contribution in [1.82, 2.24) is 10.6 Å². The van der Waals surface area contributed by atoms with Crippen LogP contribution in [0, 0.1) is 0 Å². The van der Waals surface area contributed by atoms with Gasteiger partial charge in [-0.2, -0.15) is 0 Å². The number of esters is 4. The van der Waals surface area contributed by atoms with Gasteiger partial charge in [-0.15, -0.1) is 0 Å². The Hall–Kier alpha value is -2.63. The number of hydrogen-bond donors (Lipinski definition) is 2. The van der Waals surface area contributed by atoms with E-state index >= 15 is 0 Å². The molecule has 640 valence electrons. The van der Waals surface area contributed by atoms with E-state index in [9.17, 15) is 33.1 Å². The van der Waals surface area contributed by atoms with E-state index in [1.807, 2.05) is 0 Å². The van der Waals surface area contributed by atoms with Crippen molar-refractivity contribution in [2.75, 3.05) is 79.3 Å². The lowest BCUT2D eigenvalue weighted by Crippen LogP contribution is -2.38. The third-order valence-corrected chi connectivity index (χ3v) is 22.6. The second kappa shape index (κ2) is 79.6. The van der Waals surface area contributed by atoms with Crippen LogP contribution in [0.25, 0.3) is 0 Å². The Labute approximate surface area is 662 Å². The molecular formula is C87H170N2O17P2. The van der Waals surface area contributed by atoms with Crippen molar-refractivity contribution in [1.29, 1.82) is 0 Å². The molecule has 108 heavy (non-hydrogen) atoms. The van der Waals surface area contributed by atoms with Crippen LogP contribution >= 0.6 is 15.2 Å². The van der Waals surface area contributed by atoms with E-state index in [0.29, 0.717) is 38.5 Å². The van der Waals surface area contributed by atoms with Crippen LogP contribution in [-0.4, -0.2) is 134 Å². The first-order valence-corrected chi connectivity index (χ1v) is 49.2. The molecule has 0 aromatic carbocycles. The van der Waals surface area contributed by atoms with Crippen molar-refractivity contribution in [2.24, 2.45) is 0 Å². The molecule has 0 aromatic heterocycles. The topological polar surface area (TPSA) is 236 Å². The van der Waals surface area contributed by atoms with Crippen molar-refractivity contribution >= 4 is 45.1 Å². The molecule has 0 bridgehead atoms. The van der Waals surface area contributed by atoms with Gasteiger partial charge in [0.05, 0.1) is 52.9 Å². The predicted octanol–water partition coefficient (Wildman–Crippen LogP) is 25.2. The Bertz CT molecular complexity index is 2130. The summed E-state index contributed by atoms with van der Waals surface area (Å²) in [5.41, 5.74) is 0. The highest BCUT2D eigenvalue weighted by Crippen LogP contribution is 2.44. The molecule has 0 radical (unpaired) electrons. The van der Waals surface area contributed by atoms with Gasteiger partial charge in [0.1, 0.15) is 24.4 Å². The van der Waals surface area contributed by atoms with E-state index in [1.54, 1.807) is 0 Å². The minimum Gasteiger partial charge on any atom is -0.462 e. The van der Waals surface area contributed by atoms with Gasteiger partial charge in [-0.25, -0.2) is 4.79 Å². The molecule has 0 aliphatic rings. The van der Waals surface area contributed by atoms with Gasteiger partial charge in [-0.05, 0) is 51.4 Å². The summed E-state index contributed by atoms with van der Waals surface area (Å²) in [4.78, 5) is 65.6. The van der Waals surface area contributed by atoms with Gasteiger partial charge in [0.25, 0.3) is 0 Å². The molecule has 19 nitrogen and oxygen atoms in total. The summed E-state index contributed by atoms with van der Waals surface area (Å²) in [6, 6.07) is -0.574. The highest BCUT2D eigenvalue weighted by Gasteiger charge is 2.26. The van der Waals surface area contributed by atoms with Crippen LogP contribution in [0.4, 0.5) is 4.79 Å². The Balaban J connectivity index is 5.57. The molecule has 0 aliphatic heterocycles. The Morgan fingerprint density at radius 3 is 0.704 bits per heavy atom. The van der Waals surface area contributed by atoms with Crippen LogP contribution in [0.5, 0.6) is 0 Å². The van der Waals surface area contributed by atoms with Gasteiger partial charge in [0.2, 0.25) is 0 Å². The van der Waals surface area contributed by atoms with Crippen LogP contribution in [0.3, 0.4) is 0 Å². The monoisotopic (exact) mass is 1580 g/mol. The fraction of sp³-hybridized carbons (Fsp3) is 0.943. The number of rotatable bonds is 86. The first-order valence-electron chi connectivity index (χ1n) is 45.2. The first kappa shape index (κ1) is 105. The van der Waals surface area contributed by atoms with Crippen molar-refractivity contribution < 1.29 is 79.6 Å². The number of hydrogen-bond acceptors (Lipinski definition) is 17. The van der Waals surface area contributed by atoms with Gasteiger partial charge in [-0.1, -0.05) is 337 Å². The Kier molecular flexibility index (Phi) is 77.7. The average Bonchev–Trinajstić information content (AvgIpc) is 0.915. The fourth-order valence-electron chi connectivity index (χ4n) is 13.3. The zero-order valence-electron chi connectivity index (χ0n) is 71.1. The highest BCUT2D eigenvalue weighted by atomic mass is 31.2. The number of ether oxygens (including phenoxy) is 6. The summed E-state index contributed by atoms with van der Waals surface area (Å²) in [6.45, 7) is 15.6. The average molecular weight is 1580 g/mol. The molecule has 2 amide bonds. The molecule has 0 heterocycles. The van der Waals surface area contributed by atoms with Crippen molar-refractivity contribution in [2.45, 2.75) is 451 Å². The maximum atomic E-state index is 13.6. The number of amides is 2. The minimum absolute atomic E-state index is 0.0170. The van der Waals surface area contributed by atoms with E-state index in [4.69, 9.17) is 46.5 Å². The molecule has 0 rings (SSSR count). The quantitative estimate of drug-likeness (QED) is 0.0249. The molecule has 21 heteroatoms. The zero-order valence-corrected chi connectivity index (χ0v) is 72.9. The van der Waals surface area contributed by atoms with Crippen LogP contribution in [0.1, 0.15) is 427 Å². The summed E-state index contributed by atoms with van der Waals surface area (Å²) >= 11 is 0. The third-order valence-electron chi connectivity index (χ3n) is 20.1. The van der Waals surface area contributed by atoms with E-state index < -0.39 is 33.4 Å². The van der Waals surface area contributed by atoms with Crippen LogP contribution < -0.4 is 10.6 Å². The van der Waals surface area contributed by atoms with Gasteiger partial charge < -0.3 is 57.1 Å². The van der Waals surface area contributed by atoms with Gasteiger partial charge in [-0.3, -0.25) is 28.3 Å². The SMILES string of the molecule is CCCCCCCCCCCCCCC(=O)O[C@@H](COCCC(CCCCCCC)OC(=O)CCCCCCCCCCCC)COP(C)(=O)OCCNC(=O)NCCOP(C)(=O)OC[C@H](COCCC(CCCCCCC)OC(=O)CCCCCCCCCCC)OC(=O)CCCCCCCCCCCCC. The summed E-state index contributed by atoms with van der Waals surface area (Å²) in [5, 5.41) is 5.31. The van der Waals surface area contributed by atoms with E-state index in [1.165, 1.54) is 206 Å². The molecule has 2 N–H and O–H groups in total. The largest absolute Gasteiger partial charge is 0.462 e. The minimum atomic E-state index is -3.72. The number of unbranched alkanes of at least 4 members (excludes halogenated alkanes) is 46. The normalized spacial score (nSPS) is 13.9. The number of carbonyl (C=O) groups excluding carboxylic acids is 5. The lowest BCUT2D eigenvalue weighted by atomic mass is 10.0. The lowest BCUT2D eigenvalue weighted by Gasteiger charge is -2.22. The van der Waals surface area contributed by atoms with E-state index in [0.717, 1.165) is 141 Å². The second-order valence-corrected chi connectivity index (χ2v) is 35.1. The summed E-state index contributed by atoms with van der Waals surface area (Å²) < 4.78 is 86.2. The highest BCUT2D eigenvalue weighted by molar-refractivity contribution is 7.53. The molecule has 0 spiro atoms. The number of nitrogens with one attached hydrogen (secondary N) is 2. The zero-order chi connectivity index (χ0) is 79.2. The van der Waals surface area contributed by atoms with Crippen molar-refractivity contribution in [3.05, 3.63) is 0 Å². The lowest BCUT2D eigenvalue weighted by molar-refractivity contribution is -0.156. The van der Waals surface area contributed by atoms with Crippen molar-refractivity contribution in [3.8, 4) is 0 Å². The molecule has 0 aromatic rings. The predicted molar refractivity (Wildman–Crippen MR) is 444 cm³/mol. The molecular weight excluding hydrogens is 1410 g/mol. The van der Waals surface area contributed by atoms with E-state index in [2.05, 4.69) is 52.2 Å². The summed E-state index contributed by atoms with van der Waals surface area (Å²) in [6.07, 6.45) is 61.7. The molecule has 0 saturated carbocycles. The van der Waals surface area contributed by atoms with Crippen LogP contribution in [0.2, 0.25) is 0 Å². The number of carbonyl (C=O) groups is 5. The number of urea groups is 1. The van der Waals surface area contributed by atoms with E-state index in [-0.39, 0.29) is 115 Å². The summed E-state index contributed by atoms with van der Waals surface area (Å²) in [7, 11) is -7.44. The molecule has 6 atom stereocenters. The standard InChI is InChI=1S/C87H170N2O17P2/c1-9-15-21-27-31-35-38-40-44-48-54-60-66-86(93)106-82(76-98-72-68-80(62-56-50-26-20-14-6)104-84(91)64-58-52-46-42-37-33-29-23-17-11-3)78-102-108(8,96)100-74-70-89-87(94)88-69-73-99-107(7,95)101-77-81(105-85(92)65-59-53-47-43-39-36-32-28-22-16-10-2)75-97-71-67-79(61-55-49-25-19-13-5)103-83(90)63-57-51-45-41-34-30-24-18-12-4/h79-82H,9-78H2,1-8H3,(H2,88,89,94)/t79?,80?,81-,82-,107?,108?/m0/s1. The third kappa shape index (κ3) is 76.0. The van der Waals surface area contributed by atoms with Gasteiger partial charge >= 0.3 is 45.1 Å². The van der Waals surface area contributed by atoms with Gasteiger partial charge in [0, 0.05) is 64.9 Å². The molecule has 0 fully saturated rings. The smallest absolute Gasteiger partial charge is 0.327 e. The summed E-state index contributed by atoms with van der Waals surface area (Å²) in [5.74, 6) is -1.11. The maximum Gasteiger partial charge on any atom is 0.327 e. The van der Waals surface area contributed by atoms with Gasteiger partial charge in [0.15, 0.2) is 0 Å². The second-order valence-electron chi connectivity index (χ2n) is 31.0. The van der Waals surface area contributed by atoms with Crippen molar-refractivity contribution in [3.63, 3.8) is 0 Å².